The van der Waals surface area contributed by atoms with Crippen LogP contribution in [0, 0.1) is 0 Å². The first kappa shape index (κ1) is 10.9. The van der Waals surface area contributed by atoms with Gasteiger partial charge >= 0.3 is 0 Å². The molecule has 14 heavy (non-hydrogen) atoms. The van der Waals surface area contributed by atoms with Crippen LogP contribution >= 0.6 is 0 Å². The smallest absolute Gasteiger partial charge is 0.168 e. The van der Waals surface area contributed by atoms with Crippen LogP contribution in [-0.2, 0) is 15.6 Å². The number of allylic oxidation sites excluding steroid dienone is 2. The number of rotatable bonds is 4. The zero-order chi connectivity index (χ0) is 10.4. The minimum atomic E-state index is -1.22. The highest BCUT2D eigenvalue weighted by Gasteiger charge is 2.06. The van der Waals surface area contributed by atoms with Gasteiger partial charge < -0.3 is 0 Å². The molecule has 0 aliphatic heterocycles. The zero-order valence-corrected chi connectivity index (χ0v) is 8.79. The van der Waals surface area contributed by atoms with Gasteiger partial charge in [-0.2, -0.15) is 0 Å². The van der Waals surface area contributed by atoms with E-state index < -0.39 is 10.8 Å². The van der Waals surface area contributed by atoms with Crippen LogP contribution in [0.1, 0.15) is 6.92 Å². The molecule has 1 aromatic rings. The third-order valence-electron chi connectivity index (χ3n) is 1.63. The molecule has 0 aliphatic rings. The van der Waals surface area contributed by atoms with Gasteiger partial charge in [0.1, 0.15) is 0 Å². The van der Waals surface area contributed by atoms with Gasteiger partial charge in [0.25, 0.3) is 0 Å². The second-order valence-electron chi connectivity index (χ2n) is 2.77. The molecule has 1 atom stereocenters. The molecule has 0 saturated carbocycles. The number of hydrogen-bond acceptors (Lipinski definition) is 2. The first-order chi connectivity index (χ1) is 6.74. The van der Waals surface area contributed by atoms with Crippen LogP contribution < -0.4 is 0 Å². The summed E-state index contributed by atoms with van der Waals surface area (Å²) >= 11 is 0. The minimum Gasteiger partial charge on any atom is -0.294 e. The molecule has 3 heteroatoms. The molecule has 0 aliphatic carbocycles. The third kappa shape index (κ3) is 3.26. The van der Waals surface area contributed by atoms with Crippen molar-refractivity contribution in [3.8, 4) is 0 Å². The Hall–Kier alpha value is -1.22. The Morgan fingerprint density at radius 3 is 2.57 bits per heavy atom. The van der Waals surface area contributed by atoms with E-state index in [1.165, 1.54) is 6.08 Å². The summed E-state index contributed by atoms with van der Waals surface area (Å²) < 4.78 is 11.6. The van der Waals surface area contributed by atoms with Crippen molar-refractivity contribution in [2.75, 3.05) is 5.75 Å². The Bertz CT molecular complexity index is 355. The quantitative estimate of drug-likeness (QED) is 0.709. The summed E-state index contributed by atoms with van der Waals surface area (Å²) in [5, 5.41) is 0. The predicted octanol–water partition coefficient (Wildman–Crippen LogP) is 1.94. The van der Waals surface area contributed by atoms with E-state index in [2.05, 4.69) is 0 Å². The topological polar surface area (TPSA) is 34.1 Å². The lowest BCUT2D eigenvalue weighted by Crippen LogP contribution is -2.07. The van der Waals surface area contributed by atoms with Crippen molar-refractivity contribution in [2.24, 2.45) is 0 Å². The SMILES string of the molecule is C/C=C/C(=O)CS(=O)c1ccccc1. The predicted molar refractivity (Wildman–Crippen MR) is 57.5 cm³/mol. The molecule has 0 N–H and O–H groups in total. The van der Waals surface area contributed by atoms with E-state index in [4.69, 9.17) is 0 Å². The van der Waals surface area contributed by atoms with Gasteiger partial charge in [0.05, 0.1) is 16.6 Å². The molecule has 0 saturated heterocycles. The van der Waals surface area contributed by atoms with Gasteiger partial charge in [-0.05, 0) is 25.1 Å². The summed E-state index contributed by atoms with van der Waals surface area (Å²) in [6.45, 7) is 1.77. The van der Waals surface area contributed by atoms with Gasteiger partial charge in [0, 0.05) is 4.90 Å². The van der Waals surface area contributed by atoms with Crippen LogP contribution in [0.15, 0.2) is 47.4 Å². The first-order valence-electron chi connectivity index (χ1n) is 4.33. The van der Waals surface area contributed by atoms with Gasteiger partial charge in [-0.1, -0.05) is 24.3 Å². The monoisotopic (exact) mass is 208 g/mol. The van der Waals surface area contributed by atoms with E-state index in [1.54, 1.807) is 25.1 Å². The van der Waals surface area contributed by atoms with Crippen molar-refractivity contribution in [2.45, 2.75) is 11.8 Å². The normalized spacial score (nSPS) is 12.9. The summed E-state index contributed by atoms with van der Waals surface area (Å²) in [4.78, 5) is 11.8. The molecule has 74 valence electrons. The maximum absolute atomic E-state index is 11.6. The highest BCUT2D eigenvalue weighted by molar-refractivity contribution is 7.85. The van der Waals surface area contributed by atoms with E-state index in [-0.39, 0.29) is 11.5 Å². The molecule has 0 heterocycles. The minimum absolute atomic E-state index is 0.0638. The third-order valence-corrected chi connectivity index (χ3v) is 2.98. The van der Waals surface area contributed by atoms with Crippen molar-refractivity contribution in [1.82, 2.24) is 0 Å². The maximum atomic E-state index is 11.6. The number of ketones is 1. The van der Waals surface area contributed by atoms with Gasteiger partial charge in [0.2, 0.25) is 0 Å². The highest BCUT2D eigenvalue weighted by atomic mass is 32.2. The fourth-order valence-electron chi connectivity index (χ4n) is 1.02. The van der Waals surface area contributed by atoms with Crippen molar-refractivity contribution in [3.05, 3.63) is 42.5 Å². The van der Waals surface area contributed by atoms with Crippen LogP contribution in [0.2, 0.25) is 0 Å². The van der Waals surface area contributed by atoms with Gasteiger partial charge in [-0.15, -0.1) is 0 Å². The van der Waals surface area contributed by atoms with Crippen molar-refractivity contribution in [1.29, 1.82) is 0 Å². The Kier molecular flexibility index (Phi) is 4.26. The molecule has 0 radical (unpaired) electrons. The average Bonchev–Trinajstić information content (AvgIpc) is 2.19. The van der Waals surface area contributed by atoms with Crippen molar-refractivity contribution >= 4 is 16.6 Å². The molecule has 0 bridgehead atoms. The second-order valence-corrected chi connectivity index (χ2v) is 4.22. The Balaban J connectivity index is 2.64. The largest absolute Gasteiger partial charge is 0.294 e. The standard InChI is InChI=1S/C11H12O2S/c1-2-6-10(12)9-14(13)11-7-4-3-5-8-11/h2-8H,9H2,1H3/b6-2+. The second kappa shape index (κ2) is 5.50. The van der Waals surface area contributed by atoms with E-state index in [9.17, 15) is 9.00 Å². The lowest BCUT2D eigenvalue weighted by Gasteiger charge is -1.98. The summed E-state index contributed by atoms with van der Waals surface area (Å²) in [5.41, 5.74) is 0. The lowest BCUT2D eigenvalue weighted by molar-refractivity contribution is -0.112. The van der Waals surface area contributed by atoms with E-state index in [1.807, 2.05) is 18.2 Å². The fraction of sp³-hybridized carbons (Fsp3) is 0.182. The maximum Gasteiger partial charge on any atom is 0.168 e. The molecule has 0 fully saturated rings. The van der Waals surface area contributed by atoms with Gasteiger partial charge in [-0.3, -0.25) is 9.00 Å². The summed E-state index contributed by atoms with van der Waals surface area (Å²) in [5.74, 6) is -0.0383. The van der Waals surface area contributed by atoms with Gasteiger partial charge in [0.15, 0.2) is 5.78 Å². The van der Waals surface area contributed by atoms with E-state index >= 15 is 0 Å². The molecule has 0 spiro atoms. The van der Waals surface area contributed by atoms with Crippen LogP contribution in [0.4, 0.5) is 0 Å². The number of hydrogen-bond donors (Lipinski definition) is 0. The molecular weight excluding hydrogens is 196 g/mol. The number of carbonyl (C=O) groups is 1. The highest BCUT2D eigenvalue weighted by Crippen LogP contribution is 2.05. The van der Waals surface area contributed by atoms with Crippen LogP contribution in [-0.4, -0.2) is 15.7 Å². The molecule has 1 aromatic carbocycles. The van der Waals surface area contributed by atoms with Crippen molar-refractivity contribution < 1.29 is 9.00 Å². The molecule has 1 unspecified atom stereocenters. The van der Waals surface area contributed by atoms with Crippen molar-refractivity contribution in [3.63, 3.8) is 0 Å². The van der Waals surface area contributed by atoms with E-state index in [0.717, 1.165) is 0 Å². The summed E-state index contributed by atoms with van der Waals surface area (Å²) in [7, 11) is -1.22. The first-order valence-corrected chi connectivity index (χ1v) is 5.65. The Labute approximate surface area is 86.1 Å². The molecule has 0 amide bonds. The molecule has 0 aromatic heterocycles. The average molecular weight is 208 g/mol. The lowest BCUT2D eigenvalue weighted by atomic mass is 10.4. The summed E-state index contributed by atoms with van der Waals surface area (Å²) in [6, 6.07) is 9.01. The van der Waals surface area contributed by atoms with Crippen LogP contribution in [0.3, 0.4) is 0 Å². The van der Waals surface area contributed by atoms with Crippen LogP contribution in [0.5, 0.6) is 0 Å². The molecule has 2 nitrogen and oxygen atoms in total. The number of benzene rings is 1. The summed E-state index contributed by atoms with van der Waals surface area (Å²) in [6.07, 6.45) is 3.10. The van der Waals surface area contributed by atoms with Gasteiger partial charge in [-0.25, -0.2) is 0 Å². The molecule has 1 rings (SSSR count). The number of carbonyl (C=O) groups excluding carboxylic acids is 1. The Morgan fingerprint density at radius 2 is 2.00 bits per heavy atom. The van der Waals surface area contributed by atoms with E-state index in [0.29, 0.717) is 4.90 Å². The van der Waals surface area contributed by atoms with Crippen LogP contribution in [0.25, 0.3) is 0 Å². The molecular formula is C11H12O2S. The fourth-order valence-corrected chi connectivity index (χ4v) is 2.00. The zero-order valence-electron chi connectivity index (χ0n) is 7.97. The Morgan fingerprint density at radius 1 is 1.36 bits per heavy atom.